The highest BCUT2D eigenvalue weighted by Crippen LogP contribution is 2.24. The number of amides is 1. The molecule has 0 aliphatic rings. The van der Waals surface area contributed by atoms with Crippen LogP contribution in [0.5, 0.6) is 5.75 Å². The van der Waals surface area contributed by atoms with E-state index in [0.717, 1.165) is 5.69 Å². The van der Waals surface area contributed by atoms with Gasteiger partial charge < -0.3 is 15.4 Å². The van der Waals surface area contributed by atoms with Crippen LogP contribution < -0.4 is 15.4 Å². The van der Waals surface area contributed by atoms with Crippen LogP contribution >= 0.6 is 0 Å². The second-order valence-corrected chi connectivity index (χ2v) is 6.66. The van der Waals surface area contributed by atoms with Crippen LogP contribution in [-0.2, 0) is 10.2 Å². The summed E-state index contributed by atoms with van der Waals surface area (Å²) in [6, 6.07) is 15.6. The Balaban J connectivity index is 1.92. The van der Waals surface area contributed by atoms with Crippen LogP contribution in [0.2, 0.25) is 0 Å². The first kappa shape index (κ1) is 17.9. The molecule has 2 aromatic rings. The van der Waals surface area contributed by atoms with Gasteiger partial charge in [0.1, 0.15) is 5.75 Å². The molecule has 1 amide bonds. The molecule has 0 atom stereocenters. The molecule has 0 saturated carbocycles. The third kappa shape index (κ3) is 5.01. The number of rotatable bonds is 6. The molecule has 0 radical (unpaired) electrons. The first-order valence-corrected chi connectivity index (χ1v) is 8.26. The summed E-state index contributed by atoms with van der Waals surface area (Å²) >= 11 is 0. The summed E-state index contributed by atoms with van der Waals surface area (Å²) in [5.74, 6) is 0.574. The lowest BCUT2D eigenvalue weighted by molar-refractivity contribution is -0.114. The molecule has 4 nitrogen and oxygen atoms in total. The van der Waals surface area contributed by atoms with Gasteiger partial charge in [-0.25, -0.2) is 0 Å². The zero-order valence-electron chi connectivity index (χ0n) is 14.8. The van der Waals surface area contributed by atoms with Crippen molar-refractivity contribution in [2.45, 2.75) is 33.1 Å². The molecule has 0 heterocycles. The van der Waals surface area contributed by atoms with Crippen molar-refractivity contribution in [2.24, 2.45) is 0 Å². The van der Waals surface area contributed by atoms with Gasteiger partial charge in [-0.1, -0.05) is 45.0 Å². The second kappa shape index (κ2) is 7.86. The van der Waals surface area contributed by atoms with E-state index in [-0.39, 0.29) is 17.9 Å². The molecule has 0 unspecified atom stereocenters. The van der Waals surface area contributed by atoms with E-state index in [4.69, 9.17) is 4.74 Å². The Morgan fingerprint density at radius 2 is 1.71 bits per heavy atom. The molecule has 0 saturated heterocycles. The largest absolute Gasteiger partial charge is 0.492 e. The van der Waals surface area contributed by atoms with Gasteiger partial charge in [-0.3, -0.25) is 4.79 Å². The van der Waals surface area contributed by atoms with Crippen LogP contribution in [0.3, 0.4) is 0 Å². The van der Waals surface area contributed by atoms with Crippen LogP contribution in [-0.4, -0.2) is 19.1 Å². The van der Waals surface area contributed by atoms with E-state index in [9.17, 15) is 4.79 Å². The topological polar surface area (TPSA) is 50.4 Å². The molecule has 2 rings (SSSR count). The highest BCUT2D eigenvalue weighted by Gasteiger charge is 2.13. The maximum Gasteiger partial charge on any atom is 0.243 e. The molecule has 24 heavy (non-hydrogen) atoms. The maximum atomic E-state index is 12.1. The number of hydrogen-bond acceptors (Lipinski definition) is 3. The number of hydrogen-bond donors (Lipinski definition) is 2. The lowest BCUT2D eigenvalue weighted by Gasteiger charge is -2.19. The average molecular weight is 326 g/mol. The molecule has 128 valence electrons. The molecule has 0 spiro atoms. The number of benzene rings is 2. The zero-order chi connectivity index (χ0) is 17.6. The minimum Gasteiger partial charge on any atom is -0.492 e. The summed E-state index contributed by atoms with van der Waals surface area (Å²) in [5.41, 5.74) is 3.01. The SMILES string of the molecule is CCOc1ccccc1NC(=O)CNc1ccc(C(C)(C)C)cc1. The van der Waals surface area contributed by atoms with E-state index in [1.807, 2.05) is 43.3 Å². The second-order valence-electron chi connectivity index (χ2n) is 6.66. The van der Waals surface area contributed by atoms with Crippen molar-refractivity contribution in [3.05, 3.63) is 54.1 Å². The van der Waals surface area contributed by atoms with Crippen molar-refractivity contribution in [1.82, 2.24) is 0 Å². The smallest absolute Gasteiger partial charge is 0.243 e. The Labute approximate surface area is 144 Å². The summed E-state index contributed by atoms with van der Waals surface area (Å²) in [6.45, 7) is 9.22. The zero-order valence-corrected chi connectivity index (χ0v) is 14.8. The molecule has 0 bridgehead atoms. The van der Waals surface area contributed by atoms with Gasteiger partial charge in [0, 0.05) is 5.69 Å². The van der Waals surface area contributed by atoms with Crippen LogP contribution in [0.25, 0.3) is 0 Å². The van der Waals surface area contributed by atoms with Crippen LogP contribution in [0.4, 0.5) is 11.4 Å². The van der Waals surface area contributed by atoms with Crippen molar-refractivity contribution in [3.8, 4) is 5.75 Å². The fourth-order valence-corrected chi connectivity index (χ4v) is 2.32. The van der Waals surface area contributed by atoms with Gasteiger partial charge in [0.15, 0.2) is 0 Å². The Hall–Kier alpha value is -2.49. The standard InChI is InChI=1S/C20H26N2O2/c1-5-24-18-9-7-6-8-17(18)22-19(23)14-21-16-12-10-15(11-13-16)20(2,3)4/h6-13,21H,5,14H2,1-4H3,(H,22,23). The van der Waals surface area contributed by atoms with E-state index >= 15 is 0 Å². The van der Waals surface area contributed by atoms with Crippen molar-refractivity contribution >= 4 is 17.3 Å². The minimum atomic E-state index is -0.109. The lowest BCUT2D eigenvalue weighted by Crippen LogP contribution is -2.22. The van der Waals surface area contributed by atoms with Crippen molar-refractivity contribution < 1.29 is 9.53 Å². The quantitative estimate of drug-likeness (QED) is 0.825. The number of ether oxygens (including phenoxy) is 1. The predicted molar refractivity (Wildman–Crippen MR) is 99.9 cm³/mol. The maximum absolute atomic E-state index is 12.1. The Kier molecular flexibility index (Phi) is 5.85. The summed E-state index contributed by atoms with van der Waals surface area (Å²) < 4.78 is 5.51. The Morgan fingerprint density at radius 1 is 1.04 bits per heavy atom. The normalized spacial score (nSPS) is 11.0. The highest BCUT2D eigenvalue weighted by molar-refractivity contribution is 5.95. The van der Waals surface area contributed by atoms with E-state index in [1.54, 1.807) is 0 Å². The van der Waals surface area contributed by atoms with Crippen LogP contribution in [0.15, 0.2) is 48.5 Å². The Bertz CT molecular complexity index is 673. The van der Waals surface area contributed by atoms with Gasteiger partial charge in [-0.15, -0.1) is 0 Å². The third-order valence-electron chi connectivity index (χ3n) is 3.66. The van der Waals surface area contributed by atoms with Gasteiger partial charge in [0.25, 0.3) is 0 Å². The monoisotopic (exact) mass is 326 g/mol. The molecule has 0 aromatic heterocycles. The highest BCUT2D eigenvalue weighted by atomic mass is 16.5. The molecule has 0 aliphatic carbocycles. The fraction of sp³-hybridized carbons (Fsp3) is 0.350. The molecular formula is C20H26N2O2. The van der Waals surface area contributed by atoms with E-state index in [0.29, 0.717) is 18.0 Å². The average Bonchev–Trinajstić information content (AvgIpc) is 2.55. The summed E-state index contributed by atoms with van der Waals surface area (Å²) in [4.78, 5) is 12.1. The molecule has 2 N–H and O–H groups in total. The number of anilines is 2. The summed E-state index contributed by atoms with van der Waals surface area (Å²) in [6.07, 6.45) is 0. The predicted octanol–water partition coefficient (Wildman–Crippen LogP) is 4.43. The van der Waals surface area contributed by atoms with Gasteiger partial charge >= 0.3 is 0 Å². The number of carbonyl (C=O) groups excluding carboxylic acids is 1. The number of carbonyl (C=O) groups is 1. The first-order valence-electron chi connectivity index (χ1n) is 8.26. The number of nitrogens with one attached hydrogen (secondary N) is 2. The third-order valence-corrected chi connectivity index (χ3v) is 3.66. The molecular weight excluding hydrogens is 300 g/mol. The lowest BCUT2D eigenvalue weighted by atomic mass is 9.87. The summed E-state index contributed by atoms with van der Waals surface area (Å²) in [5, 5.41) is 6.02. The molecule has 0 aliphatic heterocycles. The van der Waals surface area contributed by atoms with Gasteiger partial charge in [-0.2, -0.15) is 0 Å². The van der Waals surface area contributed by atoms with Gasteiger partial charge in [-0.05, 0) is 42.2 Å². The van der Waals surface area contributed by atoms with Crippen molar-refractivity contribution in [1.29, 1.82) is 0 Å². The first-order chi connectivity index (χ1) is 11.4. The fourth-order valence-electron chi connectivity index (χ4n) is 2.32. The Morgan fingerprint density at radius 3 is 2.33 bits per heavy atom. The van der Waals surface area contributed by atoms with Gasteiger partial charge in [0.05, 0.1) is 18.8 Å². The summed E-state index contributed by atoms with van der Waals surface area (Å²) in [7, 11) is 0. The van der Waals surface area contributed by atoms with E-state index < -0.39 is 0 Å². The van der Waals surface area contributed by atoms with E-state index in [1.165, 1.54) is 5.56 Å². The molecule has 2 aromatic carbocycles. The minimum absolute atomic E-state index is 0.109. The van der Waals surface area contributed by atoms with Gasteiger partial charge in [0.2, 0.25) is 5.91 Å². The van der Waals surface area contributed by atoms with Crippen molar-refractivity contribution in [2.75, 3.05) is 23.8 Å². The van der Waals surface area contributed by atoms with E-state index in [2.05, 4.69) is 43.5 Å². The van der Waals surface area contributed by atoms with Crippen LogP contribution in [0.1, 0.15) is 33.3 Å². The van der Waals surface area contributed by atoms with Crippen LogP contribution in [0, 0.1) is 0 Å². The molecule has 0 fully saturated rings. The van der Waals surface area contributed by atoms with Crippen molar-refractivity contribution in [3.63, 3.8) is 0 Å². The number of para-hydroxylation sites is 2. The molecule has 4 heteroatoms.